The highest BCUT2D eigenvalue weighted by atomic mass is 32.2. The van der Waals surface area contributed by atoms with Gasteiger partial charge in [0.15, 0.2) is 0 Å². The van der Waals surface area contributed by atoms with Gasteiger partial charge in [0.1, 0.15) is 10.9 Å². The van der Waals surface area contributed by atoms with E-state index >= 15 is 0 Å². The van der Waals surface area contributed by atoms with Gasteiger partial charge in [0.2, 0.25) is 5.91 Å². The number of carbonyl (C=O) groups excluding carboxylic acids is 3. The van der Waals surface area contributed by atoms with Crippen molar-refractivity contribution in [2.24, 2.45) is 0 Å². The number of carbonyl (C=O) groups is 3. The first-order valence-corrected chi connectivity index (χ1v) is 14.1. The summed E-state index contributed by atoms with van der Waals surface area (Å²) in [5, 5.41) is 2.93. The molecule has 2 heterocycles. The van der Waals surface area contributed by atoms with Crippen LogP contribution < -0.4 is 10.2 Å². The molecule has 3 amide bonds. The van der Waals surface area contributed by atoms with Gasteiger partial charge in [0, 0.05) is 17.8 Å². The second kappa shape index (κ2) is 12.0. The number of hydrogen-bond acceptors (Lipinski definition) is 5. The number of amides is 3. The van der Waals surface area contributed by atoms with Crippen molar-refractivity contribution in [3.63, 3.8) is 0 Å². The monoisotopic (exact) mass is 535 g/mol. The number of unbranched alkanes of at least 4 members (excludes halogenated alkanes) is 5. The summed E-state index contributed by atoms with van der Waals surface area (Å²) in [6.45, 7) is 6.49. The molecule has 0 radical (unpaired) electrons. The first-order chi connectivity index (χ1) is 17.8. The molecule has 2 aromatic carbocycles. The number of rotatable bonds is 10. The lowest BCUT2D eigenvalue weighted by molar-refractivity contribution is -0.122. The standard InChI is InChI=1S/C29H33N3O3S2/c1-4-5-6-7-8-11-16-31-28(35)26(37-29(31)36)25-21-12-9-10-13-23(21)32(27(25)34)18-24(33)30-22-17-19(2)14-15-20(22)3/h9-10,12-15,17H,4-8,11,16,18H2,1-3H3,(H,30,33). The predicted molar refractivity (Wildman–Crippen MR) is 156 cm³/mol. The molecule has 0 saturated carbocycles. The maximum atomic E-state index is 13.6. The van der Waals surface area contributed by atoms with E-state index in [-0.39, 0.29) is 24.3 Å². The van der Waals surface area contributed by atoms with Crippen molar-refractivity contribution in [3.8, 4) is 0 Å². The van der Waals surface area contributed by atoms with Crippen molar-refractivity contribution >= 4 is 63.0 Å². The molecule has 8 heteroatoms. The predicted octanol–water partition coefficient (Wildman–Crippen LogP) is 6.22. The summed E-state index contributed by atoms with van der Waals surface area (Å²) in [6.07, 6.45) is 6.71. The Balaban J connectivity index is 1.52. The molecule has 4 rings (SSSR count). The third-order valence-corrected chi connectivity index (χ3v) is 8.15. The molecule has 1 saturated heterocycles. The van der Waals surface area contributed by atoms with Gasteiger partial charge in [-0.25, -0.2) is 0 Å². The van der Waals surface area contributed by atoms with Crippen LogP contribution in [-0.4, -0.2) is 40.0 Å². The summed E-state index contributed by atoms with van der Waals surface area (Å²) in [7, 11) is 0. The van der Waals surface area contributed by atoms with Crippen LogP contribution in [0, 0.1) is 13.8 Å². The molecule has 6 nitrogen and oxygen atoms in total. The number of nitrogens with zero attached hydrogens (tertiary/aromatic N) is 2. The first-order valence-electron chi connectivity index (χ1n) is 12.9. The lowest BCUT2D eigenvalue weighted by Gasteiger charge is -2.17. The van der Waals surface area contributed by atoms with Crippen LogP contribution >= 0.6 is 24.0 Å². The van der Waals surface area contributed by atoms with Crippen LogP contribution in [0.3, 0.4) is 0 Å². The maximum Gasteiger partial charge on any atom is 0.267 e. The summed E-state index contributed by atoms with van der Waals surface area (Å²) in [5.41, 5.74) is 4.32. The van der Waals surface area contributed by atoms with Crippen LogP contribution in [0.25, 0.3) is 5.57 Å². The van der Waals surface area contributed by atoms with Crippen molar-refractivity contribution in [3.05, 3.63) is 64.1 Å². The quantitative estimate of drug-likeness (QED) is 0.222. The van der Waals surface area contributed by atoms with Gasteiger partial charge in [0.05, 0.1) is 16.2 Å². The second-order valence-electron chi connectivity index (χ2n) is 9.57. The molecule has 0 aliphatic carbocycles. The highest BCUT2D eigenvalue weighted by molar-refractivity contribution is 8.26. The van der Waals surface area contributed by atoms with E-state index in [2.05, 4.69) is 12.2 Å². The molecule has 2 aliphatic heterocycles. The topological polar surface area (TPSA) is 69.7 Å². The number of fused-ring (bicyclic) bond motifs is 1. The lowest BCUT2D eigenvalue weighted by Crippen LogP contribution is -2.35. The average molecular weight is 536 g/mol. The van der Waals surface area contributed by atoms with Crippen molar-refractivity contribution in [2.45, 2.75) is 59.3 Å². The number of benzene rings is 2. The van der Waals surface area contributed by atoms with E-state index in [1.54, 1.807) is 4.90 Å². The molecule has 2 aliphatic rings. The summed E-state index contributed by atoms with van der Waals surface area (Å²) >= 11 is 6.71. The van der Waals surface area contributed by atoms with Crippen LogP contribution in [0.4, 0.5) is 11.4 Å². The van der Waals surface area contributed by atoms with Gasteiger partial charge in [-0.05, 0) is 43.5 Å². The number of anilines is 2. The minimum Gasteiger partial charge on any atom is -0.324 e. The average Bonchev–Trinajstić information content (AvgIpc) is 3.30. The zero-order valence-electron chi connectivity index (χ0n) is 21.6. The molecule has 0 atom stereocenters. The van der Waals surface area contributed by atoms with Crippen molar-refractivity contribution < 1.29 is 14.4 Å². The number of aryl methyl sites for hydroxylation is 2. The molecule has 37 heavy (non-hydrogen) atoms. The van der Waals surface area contributed by atoms with Gasteiger partial charge >= 0.3 is 0 Å². The van der Waals surface area contributed by atoms with Gasteiger partial charge in [0.25, 0.3) is 11.8 Å². The zero-order valence-corrected chi connectivity index (χ0v) is 23.3. The van der Waals surface area contributed by atoms with Gasteiger partial charge in [-0.2, -0.15) is 0 Å². The Hall–Kier alpha value is -2.97. The molecule has 1 fully saturated rings. The highest BCUT2D eigenvalue weighted by Gasteiger charge is 2.42. The van der Waals surface area contributed by atoms with Crippen LogP contribution in [0.2, 0.25) is 0 Å². The number of nitrogens with one attached hydrogen (secondary N) is 1. The van der Waals surface area contributed by atoms with Gasteiger partial charge in [-0.15, -0.1) is 0 Å². The number of hydrogen-bond donors (Lipinski definition) is 1. The molecule has 2 aromatic rings. The van der Waals surface area contributed by atoms with Crippen molar-refractivity contribution in [1.82, 2.24) is 4.90 Å². The van der Waals surface area contributed by atoms with Crippen molar-refractivity contribution in [2.75, 3.05) is 23.3 Å². The van der Waals surface area contributed by atoms with Gasteiger partial charge < -0.3 is 5.32 Å². The zero-order chi connectivity index (χ0) is 26.5. The van der Waals surface area contributed by atoms with Gasteiger partial charge in [-0.3, -0.25) is 24.2 Å². The molecule has 0 unspecified atom stereocenters. The molecule has 0 spiro atoms. The van der Waals surface area contributed by atoms with Crippen molar-refractivity contribution in [1.29, 1.82) is 0 Å². The number of thiocarbonyl (C=S) groups is 1. The molecular weight excluding hydrogens is 502 g/mol. The molecule has 0 bridgehead atoms. The Bertz CT molecular complexity index is 1270. The van der Waals surface area contributed by atoms with Crippen LogP contribution in [-0.2, 0) is 14.4 Å². The molecule has 1 N–H and O–H groups in total. The molecule has 194 valence electrons. The smallest absolute Gasteiger partial charge is 0.267 e. The summed E-state index contributed by atoms with van der Waals surface area (Å²) < 4.78 is 0.484. The summed E-state index contributed by atoms with van der Waals surface area (Å²) in [4.78, 5) is 43.4. The van der Waals surface area contributed by atoms with E-state index in [1.165, 1.54) is 35.9 Å². The first kappa shape index (κ1) is 27.1. The number of thioether (sulfide) groups is 1. The fourth-order valence-corrected chi connectivity index (χ4v) is 6.03. The Kier molecular flexibility index (Phi) is 8.82. The third kappa shape index (κ3) is 5.96. The highest BCUT2D eigenvalue weighted by Crippen LogP contribution is 2.44. The van der Waals surface area contributed by atoms with E-state index in [4.69, 9.17) is 12.2 Å². The van der Waals surface area contributed by atoms with E-state index in [9.17, 15) is 14.4 Å². The fourth-order valence-electron chi connectivity index (χ4n) is 4.65. The Morgan fingerprint density at radius 1 is 0.946 bits per heavy atom. The van der Waals surface area contributed by atoms with Crippen LogP contribution in [0.15, 0.2) is 47.4 Å². The Morgan fingerprint density at radius 3 is 2.46 bits per heavy atom. The Labute approximate surface area is 228 Å². The van der Waals surface area contributed by atoms with E-state index in [1.807, 2.05) is 56.3 Å². The largest absolute Gasteiger partial charge is 0.324 e. The van der Waals surface area contributed by atoms with Gasteiger partial charge in [-0.1, -0.05) is 93.3 Å². The summed E-state index contributed by atoms with van der Waals surface area (Å²) in [5.74, 6) is -0.866. The second-order valence-corrected chi connectivity index (χ2v) is 11.2. The third-order valence-electron chi connectivity index (χ3n) is 6.70. The minimum atomic E-state index is -0.350. The normalized spacial score (nSPS) is 17.1. The molecular formula is C29H33N3O3S2. The number of para-hydroxylation sites is 1. The fraction of sp³-hybridized carbons (Fsp3) is 0.379. The van der Waals surface area contributed by atoms with E-state index < -0.39 is 0 Å². The maximum absolute atomic E-state index is 13.6. The summed E-state index contributed by atoms with van der Waals surface area (Å²) in [6, 6.07) is 13.1. The van der Waals surface area contributed by atoms with Crippen LogP contribution in [0.5, 0.6) is 0 Å². The molecule has 0 aromatic heterocycles. The SMILES string of the molecule is CCCCCCCCN1C(=O)C(=C2C(=O)N(CC(=O)Nc3cc(C)ccc3C)c3ccccc32)SC1=S. The van der Waals surface area contributed by atoms with Crippen LogP contribution in [0.1, 0.15) is 62.1 Å². The van der Waals surface area contributed by atoms with E-state index in [0.29, 0.717) is 32.6 Å². The lowest BCUT2D eigenvalue weighted by atomic mass is 10.1. The minimum absolute atomic E-state index is 0.148. The Morgan fingerprint density at radius 2 is 1.68 bits per heavy atom. The van der Waals surface area contributed by atoms with E-state index in [0.717, 1.165) is 36.1 Å².